The van der Waals surface area contributed by atoms with Crippen molar-refractivity contribution in [1.82, 2.24) is 9.88 Å². The van der Waals surface area contributed by atoms with E-state index in [9.17, 15) is 14.7 Å². The van der Waals surface area contributed by atoms with Crippen LogP contribution in [0.15, 0.2) is 103 Å². The highest BCUT2D eigenvalue weighted by Crippen LogP contribution is 2.42. The van der Waals surface area contributed by atoms with Crippen LogP contribution in [0.2, 0.25) is 0 Å². The Morgan fingerprint density at radius 2 is 1.60 bits per heavy atom. The Morgan fingerprint density at radius 1 is 0.875 bits per heavy atom. The van der Waals surface area contributed by atoms with Crippen molar-refractivity contribution in [2.45, 2.75) is 19.2 Å². The Hall–Kier alpha value is -5.11. The number of aliphatic hydroxyl groups excluding tert-OH is 1. The number of amides is 1. The van der Waals surface area contributed by atoms with E-state index in [0.29, 0.717) is 48.2 Å². The SMILES string of the molecule is O=C1C(=O)N(Cc2ccncc2)C(c2ccc(OCc3ccccc3)cc2)C1=C(O)c1ccc2c(c1)OCCO2. The molecular formula is C32H26N2O6. The number of carbonyl (C=O) groups excluding carboxylic acids is 2. The van der Waals surface area contributed by atoms with Crippen LogP contribution in [0, 0.1) is 0 Å². The Balaban J connectivity index is 1.37. The summed E-state index contributed by atoms with van der Waals surface area (Å²) in [5, 5.41) is 11.4. The van der Waals surface area contributed by atoms with Crippen molar-refractivity contribution in [2.24, 2.45) is 0 Å². The third-order valence-corrected chi connectivity index (χ3v) is 6.90. The molecule has 40 heavy (non-hydrogen) atoms. The van der Waals surface area contributed by atoms with Crippen molar-refractivity contribution >= 4 is 17.4 Å². The van der Waals surface area contributed by atoms with Crippen LogP contribution in [0.1, 0.15) is 28.3 Å². The lowest BCUT2D eigenvalue weighted by atomic mass is 9.95. The van der Waals surface area contributed by atoms with Gasteiger partial charge in [0.2, 0.25) is 0 Å². The standard InChI is InChI=1S/C32H26N2O6/c35-30(24-8-11-26-27(18-24)39-17-16-38-26)28-29(34(32(37)31(28)36)19-21-12-14-33-15-13-21)23-6-9-25(10-7-23)40-20-22-4-2-1-3-5-22/h1-15,18,29,35H,16-17,19-20H2. The molecule has 0 bridgehead atoms. The van der Waals surface area contributed by atoms with Crippen LogP contribution in [-0.4, -0.2) is 39.9 Å². The van der Waals surface area contributed by atoms with Gasteiger partial charge in [-0.15, -0.1) is 0 Å². The van der Waals surface area contributed by atoms with Crippen LogP contribution in [0.5, 0.6) is 17.2 Å². The quantitative estimate of drug-likeness (QED) is 0.201. The van der Waals surface area contributed by atoms with Gasteiger partial charge in [0.05, 0.1) is 11.6 Å². The van der Waals surface area contributed by atoms with Gasteiger partial charge in [-0.3, -0.25) is 14.6 Å². The molecule has 1 fully saturated rings. The number of benzene rings is 3. The maximum absolute atomic E-state index is 13.4. The number of fused-ring (bicyclic) bond motifs is 1. The molecule has 1 amide bonds. The molecule has 1 N–H and O–H groups in total. The third kappa shape index (κ3) is 4.99. The summed E-state index contributed by atoms with van der Waals surface area (Å²) >= 11 is 0. The first-order valence-electron chi connectivity index (χ1n) is 12.9. The Kier molecular flexibility index (Phi) is 6.89. The van der Waals surface area contributed by atoms with Crippen LogP contribution >= 0.6 is 0 Å². The first kappa shape index (κ1) is 25.2. The molecule has 1 unspecified atom stereocenters. The smallest absolute Gasteiger partial charge is 0.295 e. The molecule has 8 nitrogen and oxygen atoms in total. The number of ether oxygens (including phenoxy) is 3. The summed E-state index contributed by atoms with van der Waals surface area (Å²) in [6.45, 7) is 1.39. The van der Waals surface area contributed by atoms with E-state index >= 15 is 0 Å². The van der Waals surface area contributed by atoms with E-state index in [1.54, 1.807) is 54.9 Å². The maximum Gasteiger partial charge on any atom is 0.295 e. The fourth-order valence-electron chi connectivity index (χ4n) is 4.91. The van der Waals surface area contributed by atoms with Crippen LogP contribution in [-0.2, 0) is 22.7 Å². The summed E-state index contributed by atoms with van der Waals surface area (Å²) in [5.74, 6) is -0.0463. The van der Waals surface area contributed by atoms with Gasteiger partial charge in [0, 0.05) is 24.5 Å². The molecule has 6 rings (SSSR count). The predicted molar refractivity (Wildman–Crippen MR) is 147 cm³/mol. The van der Waals surface area contributed by atoms with Gasteiger partial charge in [0.25, 0.3) is 11.7 Å². The number of Topliss-reactive ketones (excluding diaryl/α,β-unsaturated/α-hetero) is 1. The average molecular weight is 535 g/mol. The largest absolute Gasteiger partial charge is 0.507 e. The number of hydrogen-bond acceptors (Lipinski definition) is 7. The van der Waals surface area contributed by atoms with Gasteiger partial charge in [0.15, 0.2) is 11.5 Å². The molecule has 2 aliphatic rings. The van der Waals surface area contributed by atoms with Crippen LogP contribution < -0.4 is 14.2 Å². The molecule has 0 aliphatic carbocycles. The average Bonchev–Trinajstić information content (AvgIpc) is 3.25. The summed E-state index contributed by atoms with van der Waals surface area (Å²) in [6.07, 6.45) is 3.27. The van der Waals surface area contributed by atoms with E-state index in [1.165, 1.54) is 4.90 Å². The van der Waals surface area contributed by atoms with E-state index in [1.807, 2.05) is 42.5 Å². The number of rotatable bonds is 7. The maximum atomic E-state index is 13.4. The first-order chi connectivity index (χ1) is 19.6. The van der Waals surface area contributed by atoms with E-state index in [-0.39, 0.29) is 17.9 Å². The normalized spacial score (nSPS) is 17.6. The van der Waals surface area contributed by atoms with Gasteiger partial charge < -0.3 is 24.2 Å². The van der Waals surface area contributed by atoms with Gasteiger partial charge in [-0.05, 0) is 59.2 Å². The zero-order valence-electron chi connectivity index (χ0n) is 21.5. The van der Waals surface area contributed by atoms with Crippen molar-refractivity contribution in [2.75, 3.05) is 13.2 Å². The topological polar surface area (TPSA) is 98.2 Å². The molecule has 0 radical (unpaired) electrons. The molecule has 0 saturated carbocycles. The second kappa shape index (κ2) is 10.9. The molecule has 4 aromatic rings. The van der Waals surface area contributed by atoms with Gasteiger partial charge in [-0.1, -0.05) is 42.5 Å². The van der Waals surface area contributed by atoms with Crippen LogP contribution in [0.25, 0.3) is 5.76 Å². The molecule has 2 aliphatic heterocycles. The number of nitrogens with zero attached hydrogens (tertiary/aromatic N) is 2. The number of ketones is 1. The number of hydrogen-bond donors (Lipinski definition) is 1. The molecule has 1 aromatic heterocycles. The molecule has 0 spiro atoms. The Bertz CT molecular complexity index is 1570. The fraction of sp³-hybridized carbons (Fsp3) is 0.156. The Labute approximate surface area is 231 Å². The van der Waals surface area contributed by atoms with Gasteiger partial charge in [-0.25, -0.2) is 0 Å². The molecule has 1 atom stereocenters. The third-order valence-electron chi connectivity index (χ3n) is 6.90. The lowest BCUT2D eigenvalue weighted by Gasteiger charge is -2.26. The summed E-state index contributed by atoms with van der Waals surface area (Å²) in [4.78, 5) is 32.3. The summed E-state index contributed by atoms with van der Waals surface area (Å²) in [5.41, 5.74) is 2.88. The van der Waals surface area contributed by atoms with Gasteiger partial charge in [-0.2, -0.15) is 0 Å². The van der Waals surface area contributed by atoms with Crippen molar-refractivity contribution in [3.8, 4) is 17.2 Å². The first-order valence-corrected chi connectivity index (χ1v) is 12.9. The molecule has 1 saturated heterocycles. The minimum Gasteiger partial charge on any atom is -0.507 e. The number of pyridine rings is 1. The second-order valence-electron chi connectivity index (χ2n) is 9.48. The number of aromatic nitrogens is 1. The minimum atomic E-state index is -0.815. The highest BCUT2D eigenvalue weighted by molar-refractivity contribution is 6.46. The number of aliphatic hydroxyl groups is 1. The number of carbonyl (C=O) groups is 2. The predicted octanol–water partition coefficient (Wildman–Crippen LogP) is 5.05. The van der Waals surface area contributed by atoms with Crippen molar-refractivity contribution in [3.63, 3.8) is 0 Å². The summed E-state index contributed by atoms with van der Waals surface area (Å²) < 4.78 is 17.2. The van der Waals surface area contributed by atoms with Gasteiger partial charge >= 0.3 is 0 Å². The molecular weight excluding hydrogens is 508 g/mol. The van der Waals surface area contributed by atoms with Crippen LogP contribution in [0.4, 0.5) is 0 Å². The van der Waals surface area contributed by atoms with Crippen molar-refractivity contribution < 1.29 is 28.9 Å². The fourth-order valence-corrected chi connectivity index (χ4v) is 4.91. The summed E-state index contributed by atoms with van der Waals surface area (Å²) in [6, 6.07) is 24.8. The molecule has 3 heterocycles. The summed E-state index contributed by atoms with van der Waals surface area (Å²) in [7, 11) is 0. The van der Waals surface area contributed by atoms with Crippen molar-refractivity contribution in [1.29, 1.82) is 0 Å². The number of likely N-dealkylation sites (tertiary alicyclic amines) is 1. The molecule has 3 aromatic carbocycles. The molecule has 8 heteroatoms. The second-order valence-corrected chi connectivity index (χ2v) is 9.48. The lowest BCUT2D eigenvalue weighted by Crippen LogP contribution is -2.29. The highest BCUT2D eigenvalue weighted by Gasteiger charge is 2.46. The van der Waals surface area contributed by atoms with E-state index in [2.05, 4.69) is 4.98 Å². The monoisotopic (exact) mass is 534 g/mol. The zero-order valence-corrected chi connectivity index (χ0v) is 21.5. The molecule has 200 valence electrons. The van der Waals surface area contributed by atoms with Gasteiger partial charge in [0.1, 0.15) is 31.3 Å². The van der Waals surface area contributed by atoms with E-state index in [4.69, 9.17) is 14.2 Å². The zero-order chi connectivity index (χ0) is 27.5. The highest BCUT2D eigenvalue weighted by atomic mass is 16.6. The lowest BCUT2D eigenvalue weighted by molar-refractivity contribution is -0.140. The van der Waals surface area contributed by atoms with Crippen molar-refractivity contribution in [3.05, 3.63) is 125 Å². The van der Waals surface area contributed by atoms with E-state index < -0.39 is 17.7 Å². The Morgan fingerprint density at radius 3 is 2.35 bits per heavy atom. The van der Waals surface area contributed by atoms with Crippen LogP contribution in [0.3, 0.4) is 0 Å². The van der Waals surface area contributed by atoms with E-state index in [0.717, 1.165) is 11.1 Å². The minimum absolute atomic E-state index is 0.00804.